The van der Waals surface area contributed by atoms with Crippen molar-refractivity contribution in [1.29, 1.82) is 0 Å². The topological polar surface area (TPSA) is 30.0 Å². The second-order valence-corrected chi connectivity index (χ2v) is 13.5. The molecule has 1 aromatic rings. The summed E-state index contributed by atoms with van der Waals surface area (Å²) in [4.78, 5) is 13.3. The van der Waals surface area contributed by atoms with Gasteiger partial charge in [0.25, 0.3) is 0 Å². The zero-order valence-electron chi connectivity index (χ0n) is 8.36. The van der Waals surface area contributed by atoms with Gasteiger partial charge in [0, 0.05) is 10.8 Å². The van der Waals surface area contributed by atoms with E-state index in [4.69, 9.17) is 0 Å². The van der Waals surface area contributed by atoms with Crippen LogP contribution in [0.5, 0.6) is 0 Å². The van der Waals surface area contributed by atoms with Gasteiger partial charge in [0.1, 0.15) is 0 Å². The number of hydrogen-bond donors (Lipinski definition) is 0. The third-order valence-electron chi connectivity index (χ3n) is 2.61. The average Bonchev–Trinajstić information content (AvgIpc) is 2.67. The number of rotatable bonds is 2. The SMILES string of the molecule is CC1CCc2snc(P(P)PP)c2C1=O. The van der Waals surface area contributed by atoms with Crippen molar-refractivity contribution < 1.29 is 4.79 Å². The molecule has 0 N–H and O–H groups in total. The van der Waals surface area contributed by atoms with Crippen LogP contribution in [0.2, 0.25) is 0 Å². The summed E-state index contributed by atoms with van der Waals surface area (Å²) in [5, 5.41) is 0. The van der Waals surface area contributed by atoms with Gasteiger partial charge in [-0.05, 0) is 31.7 Å². The Morgan fingerprint density at radius 3 is 3.07 bits per heavy atom. The monoisotopic (exact) mass is 295 g/mol. The van der Waals surface area contributed by atoms with Crippen molar-refractivity contribution in [2.24, 2.45) is 5.92 Å². The maximum absolute atomic E-state index is 12.1. The van der Waals surface area contributed by atoms with E-state index in [2.05, 4.69) is 22.2 Å². The number of ketones is 1. The second kappa shape index (κ2) is 5.12. The molecule has 5 atom stereocenters. The van der Waals surface area contributed by atoms with E-state index in [0.29, 0.717) is 5.78 Å². The normalized spacial score (nSPS) is 23.4. The predicted molar refractivity (Wildman–Crippen MR) is 78.2 cm³/mol. The highest BCUT2D eigenvalue weighted by Gasteiger charge is 2.30. The van der Waals surface area contributed by atoms with Crippen LogP contribution in [-0.4, -0.2) is 10.2 Å². The first kappa shape index (κ1) is 12.5. The average molecular weight is 295 g/mol. The molecule has 0 fully saturated rings. The molecule has 1 aliphatic rings. The molecule has 2 nitrogen and oxygen atoms in total. The van der Waals surface area contributed by atoms with Gasteiger partial charge < -0.3 is 0 Å². The highest BCUT2D eigenvalue weighted by atomic mass is 32.6. The zero-order valence-corrected chi connectivity index (χ0v) is 13.4. The van der Waals surface area contributed by atoms with Crippen molar-refractivity contribution in [2.45, 2.75) is 19.8 Å². The van der Waals surface area contributed by atoms with Crippen molar-refractivity contribution in [1.82, 2.24) is 4.37 Å². The number of aryl methyl sites for hydroxylation is 1. The molecule has 1 aliphatic carbocycles. The molecule has 0 spiro atoms. The first-order valence-corrected chi connectivity index (χ1v) is 12.1. The van der Waals surface area contributed by atoms with Crippen molar-refractivity contribution in [3.05, 3.63) is 10.4 Å². The Balaban J connectivity index is 2.44. The summed E-state index contributed by atoms with van der Waals surface area (Å²) in [5.41, 5.74) is 2.04. The highest BCUT2D eigenvalue weighted by molar-refractivity contribution is 8.63. The van der Waals surface area contributed by atoms with E-state index in [1.54, 1.807) is 0 Å². The number of nitrogens with zero attached hydrogens (tertiary/aromatic N) is 1. The summed E-state index contributed by atoms with van der Waals surface area (Å²) >= 11 is 1.53. The van der Waals surface area contributed by atoms with Gasteiger partial charge in [0.05, 0.1) is 11.0 Å². The number of carbonyl (C=O) groups excluding carboxylic acids is 1. The van der Waals surface area contributed by atoms with Crippen molar-refractivity contribution in [2.75, 3.05) is 0 Å². The molecular weight excluding hydrogens is 282 g/mol. The minimum absolute atomic E-state index is 0.189. The summed E-state index contributed by atoms with van der Waals surface area (Å²) in [6, 6.07) is 0. The summed E-state index contributed by atoms with van der Waals surface area (Å²) in [5.74, 6) is 0.507. The van der Waals surface area contributed by atoms with Crippen LogP contribution in [0.1, 0.15) is 28.6 Å². The fourth-order valence-corrected chi connectivity index (χ4v) is 6.61. The van der Waals surface area contributed by atoms with Crippen LogP contribution in [0.3, 0.4) is 0 Å². The van der Waals surface area contributed by atoms with Gasteiger partial charge in [-0.25, -0.2) is 0 Å². The second-order valence-electron chi connectivity index (χ2n) is 3.61. The lowest BCUT2D eigenvalue weighted by Gasteiger charge is -2.18. The van der Waals surface area contributed by atoms with Crippen LogP contribution in [-0.2, 0) is 6.42 Å². The molecule has 7 heteroatoms. The van der Waals surface area contributed by atoms with Crippen LogP contribution in [0, 0.1) is 5.92 Å². The molecule has 0 saturated heterocycles. The molecule has 1 aromatic heterocycles. The molecule has 1 heterocycles. The Kier molecular flexibility index (Phi) is 4.26. The van der Waals surface area contributed by atoms with Gasteiger partial charge >= 0.3 is 0 Å². The summed E-state index contributed by atoms with van der Waals surface area (Å²) in [6.07, 6.45) is 2.03. The van der Waals surface area contributed by atoms with E-state index in [-0.39, 0.29) is 13.2 Å². The smallest absolute Gasteiger partial charge is 0.169 e. The lowest BCUT2D eigenvalue weighted by atomic mass is 9.89. The Bertz CT molecular complexity index is 394. The molecular formula is C8H13NOP4S. The van der Waals surface area contributed by atoms with E-state index in [1.807, 2.05) is 6.92 Å². The lowest BCUT2D eigenvalue weighted by molar-refractivity contribution is 0.0916. The summed E-state index contributed by atoms with van der Waals surface area (Å²) < 4.78 is 4.48. The Labute approximate surface area is 101 Å². The molecule has 5 unspecified atom stereocenters. The number of carbonyl (C=O) groups is 1. The van der Waals surface area contributed by atoms with E-state index < -0.39 is 0 Å². The van der Waals surface area contributed by atoms with Crippen LogP contribution < -0.4 is 5.44 Å². The predicted octanol–water partition coefficient (Wildman–Crippen LogP) is 3.19. The van der Waals surface area contributed by atoms with Crippen LogP contribution in [0.4, 0.5) is 0 Å². The van der Waals surface area contributed by atoms with E-state index in [9.17, 15) is 4.79 Å². The molecule has 0 aromatic carbocycles. The minimum Gasteiger partial charge on any atom is -0.294 e. The van der Waals surface area contributed by atoms with Gasteiger partial charge in [-0.2, -0.15) is 4.37 Å². The van der Waals surface area contributed by atoms with Crippen LogP contribution in [0.25, 0.3) is 0 Å². The fraction of sp³-hybridized carbons (Fsp3) is 0.500. The summed E-state index contributed by atoms with van der Waals surface area (Å²) in [6.45, 7) is 2.03. The van der Waals surface area contributed by atoms with Gasteiger partial charge in [-0.1, -0.05) is 14.9 Å². The molecule has 0 amide bonds. The molecule has 0 aliphatic heterocycles. The first-order chi connectivity index (χ1) is 7.15. The van der Waals surface area contributed by atoms with Gasteiger partial charge in [0.2, 0.25) is 0 Å². The molecule has 82 valence electrons. The molecule has 0 radical (unpaired) electrons. The molecule has 15 heavy (non-hydrogen) atoms. The maximum atomic E-state index is 12.1. The largest absolute Gasteiger partial charge is 0.294 e. The number of Topliss-reactive ketones (excluding diaryl/α,β-unsaturated/α-hetero) is 1. The number of fused-ring (bicyclic) bond motifs is 1. The quantitative estimate of drug-likeness (QED) is 0.784. The van der Waals surface area contributed by atoms with E-state index >= 15 is 0 Å². The Hall–Kier alpha value is 1.02. The van der Waals surface area contributed by atoms with Crippen molar-refractivity contribution >= 4 is 55.9 Å². The van der Waals surface area contributed by atoms with Gasteiger partial charge in [-0.3, -0.25) is 4.79 Å². The number of aromatic nitrogens is 1. The van der Waals surface area contributed by atoms with E-state index in [1.165, 1.54) is 16.4 Å². The lowest BCUT2D eigenvalue weighted by Crippen LogP contribution is -2.23. The third kappa shape index (κ3) is 2.34. The standard InChI is InChI=1S/C8H13NOP4S/c1-4-2-3-5-6(7(4)10)8(9-15-5)14(12)13-11/h4,13H,2-3,11-12H2,1H3. The van der Waals surface area contributed by atoms with Crippen LogP contribution in [0.15, 0.2) is 0 Å². The van der Waals surface area contributed by atoms with Gasteiger partial charge in [0.15, 0.2) is 5.78 Å². The summed E-state index contributed by atoms with van der Waals surface area (Å²) in [7, 11) is 6.06. The first-order valence-electron chi connectivity index (χ1n) is 4.69. The molecule has 0 saturated carbocycles. The Morgan fingerprint density at radius 1 is 1.67 bits per heavy atom. The maximum Gasteiger partial charge on any atom is 0.169 e. The Morgan fingerprint density at radius 2 is 2.40 bits per heavy atom. The zero-order chi connectivity index (χ0) is 11.0. The van der Waals surface area contributed by atoms with E-state index in [0.717, 1.165) is 31.8 Å². The third-order valence-corrected chi connectivity index (χ3v) is 13.4. The van der Waals surface area contributed by atoms with Crippen molar-refractivity contribution in [3.63, 3.8) is 0 Å². The minimum atomic E-state index is -0.311. The number of hydrogen-bond acceptors (Lipinski definition) is 3. The van der Waals surface area contributed by atoms with Crippen molar-refractivity contribution in [3.8, 4) is 0 Å². The highest BCUT2D eigenvalue weighted by Crippen LogP contribution is 2.65. The molecule has 2 rings (SSSR count). The molecule has 0 bridgehead atoms. The van der Waals surface area contributed by atoms with Crippen LogP contribution >= 0.6 is 44.6 Å². The van der Waals surface area contributed by atoms with Gasteiger partial charge in [-0.15, -0.1) is 17.9 Å². The fourth-order valence-electron chi connectivity index (χ4n) is 1.68.